The molecule has 90 valence electrons. The molecule has 1 atom stereocenters. The summed E-state index contributed by atoms with van der Waals surface area (Å²) in [5, 5.41) is 9.93. The van der Waals surface area contributed by atoms with E-state index in [1.54, 1.807) is 0 Å². The van der Waals surface area contributed by atoms with Crippen LogP contribution in [0.4, 0.5) is 0 Å². The first-order chi connectivity index (χ1) is 7.27. The Morgan fingerprint density at radius 3 is 2.40 bits per heavy atom. The number of hydrogen-bond acceptors (Lipinski definition) is 2. The van der Waals surface area contributed by atoms with Gasteiger partial charge in [-0.05, 0) is 31.1 Å². The van der Waals surface area contributed by atoms with E-state index in [2.05, 4.69) is 13.8 Å². The number of rotatable bonds is 6. The minimum Gasteiger partial charge on any atom is -0.390 e. The molecule has 15 heavy (non-hydrogen) atoms. The van der Waals surface area contributed by atoms with Crippen molar-refractivity contribution in [3.05, 3.63) is 0 Å². The van der Waals surface area contributed by atoms with Gasteiger partial charge in [0.1, 0.15) is 0 Å². The molecule has 0 radical (unpaired) electrons. The van der Waals surface area contributed by atoms with Crippen molar-refractivity contribution in [2.75, 3.05) is 13.2 Å². The standard InChI is InChI=1S/C13H26O2/c1-3-9-15-10-13(14)12-7-5-11(4-2)6-8-12/h11-14H,3-10H2,1-2H3. The van der Waals surface area contributed by atoms with Gasteiger partial charge >= 0.3 is 0 Å². The van der Waals surface area contributed by atoms with Crippen molar-refractivity contribution in [2.45, 2.75) is 58.5 Å². The summed E-state index contributed by atoms with van der Waals surface area (Å²) in [7, 11) is 0. The second-order valence-corrected chi connectivity index (χ2v) is 4.83. The fraction of sp³-hybridized carbons (Fsp3) is 1.00. The lowest BCUT2D eigenvalue weighted by atomic mass is 9.78. The van der Waals surface area contributed by atoms with Gasteiger partial charge in [-0.3, -0.25) is 0 Å². The molecular formula is C13H26O2. The summed E-state index contributed by atoms with van der Waals surface area (Å²) in [6.07, 6.45) is 7.08. The van der Waals surface area contributed by atoms with Crippen LogP contribution in [0.3, 0.4) is 0 Å². The minimum atomic E-state index is -0.227. The van der Waals surface area contributed by atoms with Gasteiger partial charge in [0.05, 0.1) is 12.7 Å². The summed E-state index contributed by atoms with van der Waals surface area (Å²) in [6.45, 7) is 5.68. The highest BCUT2D eigenvalue weighted by molar-refractivity contribution is 4.76. The molecule has 1 aliphatic rings. The Labute approximate surface area is 94.0 Å². The second kappa shape index (κ2) is 7.24. The maximum Gasteiger partial charge on any atom is 0.0801 e. The summed E-state index contributed by atoms with van der Waals surface area (Å²) in [6, 6.07) is 0. The molecule has 1 fully saturated rings. The van der Waals surface area contributed by atoms with Crippen molar-refractivity contribution >= 4 is 0 Å². The molecule has 1 saturated carbocycles. The average Bonchev–Trinajstić information content (AvgIpc) is 2.29. The van der Waals surface area contributed by atoms with E-state index in [0.717, 1.165) is 18.9 Å². The van der Waals surface area contributed by atoms with E-state index in [4.69, 9.17) is 4.74 Å². The van der Waals surface area contributed by atoms with Crippen LogP contribution in [0.1, 0.15) is 52.4 Å². The van der Waals surface area contributed by atoms with Crippen LogP contribution >= 0.6 is 0 Å². The van der Waals surface area contributed by atoms with Crippen molar-refractivity contribution in [3.63, 3.8) is 0 Å². The van der Waals surface area contributed by atoms with Crippen molar-refractivity contribution in [2.24, 2.45) is 11.8 Å². The zero-order valence-electron chi connectivity index (χ0n) is 10.2. The van der Waals surface area contributed by atoms with Gasteiger partial charge in [-0.2, -0.15) is 0 Å². The Balaban J connectivity index is 2.15. The fourth-order valence-electron chi connectivity index (χ4n) is 2.47. The topological polar surface area (TPSA) is 29.5 Å². The van der Waals surface area contributed by atoms with E-state index in [-0.39, 0.29) is 6.10 Å². The SMILES string of the molecule is CCCOCC(O)C1CCC(CC)CC1. The molecule has 0 spiro atoms. The zero-order chi connectivity index (χ0) is 11.1. The smallest absolute Gasteiger partial charge is 0.0801 e. The molecule has 0 amide bonds. The molecule has 0 aliphatic heterocycles. The molecule has 1 unspecified atom stereocenters. The fourth-order valence-corrected chi connectivity index (χ4v) is 2.47. The summed E-state index contributed by atoms with van der Waals surface area (Å²) >= 11 is 0. The Morgan fingerprint density at radius 2 is 1.87 bits per heavy atom. The van der Waals surface area contributed by atoms with Crippen LogP contribution in [0.2, 0.25) is 0 Å². The van der Waals surface area contributed by atoms with Crippen LogP contribution in [-0.2, 0) is 4.74 Å². The first-order valence-electron chi connectivity index (χ1n) is 6.53. The van der Waals surface area contributed by atoms with Gasteiger partial charge < -0.3 is 9.84 Å². The molecule has 1 aliphatic carbocycles. The molecule has 1 rings (SSSR count). The van der Waals surface area contributed by atoms with Crippen LogP contribution < -0.4 is 0 Å². The predicted octanol–water partition coefficient (Wildman–Crippen LogP) is 2.99. The van der Waals surface area contributed by atoms with Crippen molar-refractivity contribution < 1.29 is 9.84 Å². The Kier molecular flexibility index (Phi) is 6.26. The van der Waals surface area contributed by atoms with Gasteiger partial charge in [0, 0.05) is 6.61 Å². The third-order valence-corrected chi connectivity index (χ3v) is 3.65. The lowest BCUT2D eigenvalue weighted by molar-refractivity contribution is -0.00878. The Morgan fingerprint density at radius 1 is 1.20 bits per heavy atom. The largest absolute Gasteiger partial charge is 0.390 e. The predicted molar refractivity (Wildman–Crippen MR) is 62.9 cm³/mol. The van der Waals surface area contributed by atoms with Gasteiger partial charge in [-0.25, -0.2) is 0 Å². The summed E-state index contributed by atoms with van der Waals surface area (Å²) in [5.41, 5.74) is 0. The summed E-state index contributed by atoms with van der Waals surface area (Å²) in [5.74, 6) is 1.40. The average molecular weight is 214 g/mol. The van der Waals surface area contributed by atoms with Crippen LogP contribution in [-0.4, -0.2) is 24.4 Å². The van der Waals surface area contributed by atoms with E-state index in [9.17, 15) is 5.11 Å². The molecule has 2 nitrogen and oxygen atoms in total. The first-order valence-corrected chi connectivity index (χ1v) is 6.53. The lowest BCUT2D eigenvalue weighted by Gasteiger charge is -2.30. The normalized spacial score (nSPS) is 29.0. The lowest BCUT2D eigenvalue weighted by Crippen LogP contribution is -2.29. The quantitative estimate of drug-likeness (QED) is 0.689. The van der Waals surface area contributed by atoms with E-state index in [1.807, 2.05) is 0 Å². The molecule has 0 heterocycles. The number of aliphatic hydroxyl groups excluding tert-OH is 1. The van der Waals surface area contributed by atoms with Gasteiger partial charge in [-0.1, -0.05) is 33.1 Å². The molecule has 0 aromatic carbocycles. The van der Waals surface area contributed by atoms with Gasteiger partial charge in [-0.15, -0.1) is 0 Å². The number of hydrogen-bond donors (Lipinski definition) is 1. The maximum atomic E-state index is 9.93. The molecule has 0 aromatic heterocycles. The third-order valence-electron chi connectivity index (χ3n) is 3.65. The van der Waals surface area contributed by atoms with Crippen LogP contribution in [0, 0.1) is 11.8 Å². The van der Waals surface area contributed by atoms with E-state index in [0.29, 0.717) is 12.5 Å². The molecule has 1 N–H and O–H groups in total. The first kappa shape index (κ1) is 13.0. The molecular weight excluding hydrogens is 188 g/mol. The molecule has 0 bridgehead atoms. The zero-order valence-corrected chi connectivity index (χ0v) is 10.2. The van der Waals surface area contributed by atoms with Crippen molar-refractivity contribution in [1.82, 2.24) is 0 Å². The highest BCUT2D eigenvalue weighted by Gasteiger charge is 2.25. The van der Waals surface area contributed by atoms with E-state index < -0.39 is 0 Å². The highest BCUT2D eigenvalue weighted by Crippen LogP contribution is 2.32. The summed E-state index contributed by atoms with van der Waals surface area (Å²) in [4.78, 5) is 0. The van der Waals surface area contributed by atoms with Crippen LogP contribution in [0.25, 0.3) is 0 Å². The monoisotopic (exact) mass is 214 g/mol. The second-order valence-electron chi connectivity index (χ2n) is 4.83. The highest BCUT2D eigenvalue weighted by atomic mass is 16.5. The van der Waals surface area contributed by atoms with Gasteiger partial charge in [0.2, 0.25) is 0 Å². The third kappa shape index (κ3) is 4.52. The van der Waals surface area contributed by atoms with E-state index >= 15 is 0 Å². The molecule has 2 heteroatoms. The van der Waals surface area contributed by atoms with Crippen LogP contribution in [0.5, 0.6) is 0 Å². The van der Waals surface area contributed by atoms with Crippen LogP contribution in [0.15, 0.2) is 0 Å². The minimum absolute atomic E-state index is 0.227. The van der Waals surface area contributed by atoms with Crippen molar-refractivity contribution in [1.29, 1.82) is 0 Å². The summed E-state index contributed by atoms with van der Waals surface area (Å²) < 4.78 is 5.40. The van der Waals surface area contributed by atoms with Gasteiger partial charge in [0.15, 0.2) is 0 Å². The maximum absolute atomic E-state index is 9.93. The number of ether oxygens (including phenoxy) is 1. The Hall–Kier alpha value is -0.0800. The van der Waals surface area contributed by atoms with Crippen molar-refractivity contribution in [3.8, 4) is 0 Å². The Bertz CT molecular complexity index is 151. The molecule has 0 saturated heterocycles. The number of aliphatic hydroxyl groups is 1. The van der Waals surface area contributed by atoms with Gasteiger partial charge in [0.25, 0.3) is 0 Å². The molecule has 0 aromatic rings. The van der Waals surface area contributed by atoms with E-state index in [1.165, 1.54) is 32.1 Å².